The maximum atomic E-state index is 11.2. The minimum absolute atomic E-state index is 0.139. The van der Waals surface area contributed by atoms with Crippen LogP contribution in [0.3, 0.4) is 0 Å². The lowest BCUT2D eigenvalue weighted by atomic mass is 9.96. The van der Waals surface area contributed by atoms with Gasteiger partial charge in [0.1, 0.15) is 0 Å². The Labute approximate surface area is 108 Å². The third kappa shape index (κ3) is 3.01. The molecule has 1 heterocycles. The van der Waals surface area contributed by atoms with Gasteiger partial charge in [-0.2, -0.15) is 0 Å². The van der Waals surface area contributed by atoms with Gasteiger partial charge in [0.15, 0.2) is 0 Å². The van der Waals surface area contributed by atoms with Gasteiger partial charge < -0.3 is 10.6 Å². The molecule has 2 rings (SSSR count). The van der Waals surface area contributed by atoms with Crippen LogP contribution < -0.4 is 15.8 Å². The smallest absolute Gasteiger partial charge is 0.238 e. The van der Waals surface area contributed by atoms with Gasteiger partial charge in [0.25, 0.3) is 0 Å². The Bertz CT molecular complexity index is 503. The first-order valence-corrected chi connectivity index (χ1v) is 7.54. The molecule has 1 aliphatic heterocycles. The van der Waals surface area contributed by atoms with Crippen LogP contribution in [0, 0.1) is 5.92 Å². The second-order valence-electron chi connectivity index (χ2n) is 5.04. The van der Waals surface area contributed by atoms with Gasteiger partial charge in [-0.1, -0.05) is 6.92 Å². The Kier molecular flexibility index (Phi) is 3.61. The molecule has 4 N–H and O–H groups in total. The number of anilines is 1. The SMILES string of the molecule is CC1CC(N)CN(c2ccc(S(N)(=O)=O)cc2)C1. The van der Waals surface area contributed by atoms with E-state index in [2.05, 4.69) is 11.8 Å². The lowest BCUT2D eigenvalue weighted by Crippen LogP contribution is -2.46. The molecule has 5 nitrogen and oxygen atoms in total. The first-order chi connectivity index (χ1) is 8.36. The van der Waals surface area contributed by atoms with Gasteiger partial charge in [-0.25, -0.2) is 13.6 Å². The number of sulfonamides is 1. The molecule has 1 saturated heterocycles. The standard InChI is InChI=1S/C12H19N3O2S/c1-9-6-10(13)8-15(7-9)11-2-4-12(5-3-11)18(14,16)17/h2-5,9-10H,6-8,13H2,1H3,(H2,14,16,17). The molecule has 0 bridgehead atoms. The predicted molar refractivity (Wildman–Crippen MR) is 71.8 cm³/mol. The van der Waals surface area contributed by atoms with Crippen LogP contribution in [0.25, 0.3) is 0 Å². The van der Waals surface area contributed by atoms with Crippen LogP contribution in [0.4, 0.5) is 5.69 Å². The van der Waals surface area contributed by atoms with Gasteiger partial charge in [-0.15, -0.1) is 0 Å². The number of rotatable bonds is 2. The number of hydrogen-bond acceptors (Lipinski definition) is 4. The number of hydrogen-bond donors (Lipinski definition) is 2. The summed E-state index contributed by atoms with van der Waals surface area (Å²) in [5.74, 6) is 0.548. The highest BCUT2D eigenvalue weighted by Gasteiger charge is 2.22. The molecule has 1 aliphatic rings. The normalized spacial score (nSPS) is 25.2. The summed E-state index contributed by atoms with van der Waals surface area (Å²) in [6.45, 7) is 3.92. The van der Waals surface area contributed by atoms with Gasteiger partial charge in [0.2, 0.25) is 10.0 Å². The van der Waals surface area contributed by atoms with E-state index in [0.29, 0.717) is 5.92 Å². The highest BCUT2D eigenvalue weighted by Crippen LogP contribution is 2.23. The summed E-state index contributed by atoms with van der Waals surface area (Å²) in [7, 11) is -3.62. The lowest BCUT2D eigenvalue weighted by Gasteiger charge is -2.36. The van der Waals surface area contributed by atoms with E-state index < -0.39 is 10.0 Å². The Morgan fingerprint density at radius 3 is 2.33 bits per heavy atom. The molecule has 0 aromatic heterocycles. The molecule has 0 amide bonds. The van der Waals surface area contributed by atoms with E-state index in [4.69, 9.17) is 10.9 Å². The minimum Gasteiger partial charge on any atom is -0.370 e. The van der Waals surface area contributed by atoms with E-state index in [1.54, 1.807) is 12.1 Å². The summed E-state index contributed by atoms with van der Waals surface area (Å²) in [5.41, 5.74) is 6.98. The van der Waals surface area contributed by atoms with E-state index in [9.17, 15) is 8.42 Å². The van der Waals surface area contributed by atoms with Crippen molar-refractivity contribution < 1.29 is 8.42 Å². The zero-order chi connectivity index (χ0) is 13.3. The molecule has 18 heavy (non-hydrogen) atoms. The van der Waals surface area contributed by atoms with Gasteiger partial charge in [-0.05, 0) is 36.6 Å². The second kappa shape index (κ2) is 4.87. The van der Waals surface area contributed by atoms with Gasteiger partial charge >= 0.3 is 0 Å². The van der Waals surface area contributed by atoms with Gasteiger partial charge in [-0.3, -0.25) is 0 Å². The molecule has 1 fully saturated rings. The Hall–Kier alpha value is -1.11. The third-order valence-electron chi connectivity index (χ3n) is 3.22. The van der Waals surface area contributed by atoms with E-state index in [0.717, 1.165) is 25.2 Å². The molecule has 0 aliphatic carbocycles. The first-order valence-electron chi connectivity index (χ1n) is 5.99. The van der Waals surface area contributed by atoms with Crippen LogP contribution in [0.1, 0.15) is 13.3 Å². The molecule has 2 unspecified atom stereocenters. The molecular formula is C12H19N3O2S. The maximum absolute atomic E-state index is 11.2. The van der Waals surface area contributed by atoms with E-state index in [1.807, 2.05) is 0 Å². The van der Waals surface area contributed by atoms with Crippen molar-refractivity contribution in [3.8, 4) is 0 Å². The number of benzene rings is 1. The minimum atomic E-state index is -3.62. The van der Waals surface area contributed by atoms with Crippen LogP contribution in [0.15, 0.2) is 29.2 Å². The Balaban J connectivity index is 2.19. The van der Waals surface area contributed by atoms with Gasteiger partial charge in [0, 0.05) is 24.8 Å². The second-order valence-corrected chi connectivity index (χ2v) is 6.61. The van der Waals surface area contributed by atoms with Crippen molar-refractivity contribution in [2.75, 3.05) is 18.0 Å². The van der Waals surface area contributed by atoms with Crippen LogP contribution in [0.5, 0.6) is 0 Å². The van der Waals surface area contributed by atoms with Crippen molar-refractivity contribution in [1.29, 1.82) is 0 Å². The number of primary sulfonamides is 1. The predicted octanol–water partition coefficient (Wildman–Crippen LogP) is 0.508. The topological polar surface area (TPSA) is 89.4 Å². The first kappa shape index (κ1) is 13.3. The molecule has 0 spiro atoms. The third-order valence-corrected chi connectivity index (χ3v) is 4.15. The maximum Gasteiger partial charge on any atom is 0.238 e. The fourth-order valence-corrected chi connectivity index (χ4v) is 2.97. The summed E-state index contributed by atoms with van der Waals surface area (Å²) in [6, 6.07) is 6.81. The van der Waals surface area contributed by atoms with Crippen molar-refractivity contribution in [3.05, 3.63) is 24.3 Å². The highest BCUT2D eigenvalue weighted by molar-refractivity contribution is 7.89. The van der Waals surface area contributed by atoms with E-state index in [-0.39, 0.29) is 10.9 Å². The van der Waals surface area contributed by atoms with Crippen molar-refractivity contribution in [3.63, 3.8) is 0 Å². The van der Waals surface area contributed by atoms with Crippen LogP contribution >= 0.6 is 0 Å². The van der Waals surface area contributed by atoms with Crippen molar-refractivity contribution in [1.82, 2.24) is 0 Å². The Morgan fingerprint density at radius 1 is 1.22 bits per heavy atom. The van der Waals surface area contributed by atoms with Crippen LogP contribution in [-0.2, 0) is 10.0 Å². The number of nitrogens with zero attached hydrogens (tertiary/aromatic N) is 1. The number of piperidine rings is 1. The quantitative estimate of drug-likeness (QED) is 0.818. The fourth-order valence-electron chi connectivity index (χ4n) is 2.46. The number of nitrogens with two attached hydrogens (primary N) is 2. The van der Waals surface area contributed by atoms with Gasteiger partial charge in [0.05, 0.1) is 4.90 Å². The lowest BCUT2D eigenvalue weighted by molar-refractivity contribution is 0.401. The van der Waals surface area contributed by atoms with Crippen molar-refractivity contribution in [2.24, 2.45) is 16.8 Å². The zero-order valence-corrected chi connectivity index (χ0v) is 11.2. The zero-order valence-electron chi connectivity index (χ0n) is 10.4. The summed E-state index contributed by atoms with van der Waals surface area (Å²) in [5, 5.41) is 5.07. The monoisotopic (exact) mass is 269 g/mol. The molecule has 1 aromatic rings. The van der Waals surface area contributed by atoms with Crippen molar-refractivity contribution >= 4 is 15.7 Å². The molecule has 0 saturated carbocycles. The average molecular weight is 269 g/mol. The molecule has 6 heteroatoms. The summed E-state index contributed by atoms with van der Waals surface area (Å²) < 4.78 is 22.3. The van der Waals surface area contributed by atoms with Crippen molar-refractivity contribution in [2.45, 2.75) is 24.3 Å². The van der Waals surface area contributed by atoms with Crippen LogP contribution in [0.2, 0.25) is 0 Å². The van der Waals surface area contributed by atoms with E-state index >= 15 is 0 Å². The fraction of sp³-hybridized carbons (Fsp3) is 0.500. The Morgan fingerprint density at radius 2 is 1.83 bits per heavy atom. The summed E-state index contributed by atoms with van der Waals surface area (Å²) in [4.78, 5) is 2.33. The molecule has 1 aromatic carbocycles. The largest absolute Gasteiger partial charge is 0.370 e. The molecule has 100 valence electrons. The van der Waals surface area contributed by atoms with Crippen LogP contribution in [-0.4, -0.2) is 27.5 Å². The summed E-state index contributed by atoms with van der Waals surface area (Å²) >= 11 is 0. The van der Waals surface area contributed by atoms with E-state index in [1.165, 1.54) is 12.1 Å². The average Bonchev–Trinajstić information content (AvgIpc) is 2.27. The molecular weight excluding hydrogens is 250 g/mol. The highest BCUT2D eigenvalue weighted by atomic mass is 32.2. The molecule has 2 atom stereocenters. The summed E-state index contributed by atoms with van der Waals surface area (Å²) in [6.07, 6.45) is 1.03. The molecule has 0 radical (unpaired) electrons.